The molecule has 1 aliphatic heterocycles. The van der Waals surface area contributed by atoms with Crippen molar-refractivity contribution >= 4 is 22.4 Å². The van der Waals surface area contributed by atoms with Crippen LogP contribution >= 0.6 is 11.5 Å². The van der Waals surface area contributed by atoms with Crippen molar-refractivity contribution < 1.29 is 0 Å². The van der Waals surface area contributed by atoms with Gasteiger partial charge in [-0.05, 0) is 23.7 Å². The predicted octanol–water partition coefficient (Wildman–Crippen LogP) is 3.40. The Labute approximate surface area is 80.2 Å². The van der Waals surface area contributed by atoms with Gasteiger partial charge in [-0.15, -0.1) is 0 Å². The summed E-state index contributed by atoms with van der Waals surface area (Å²) in [6, 6.07) is 14.6. The summed E-state index contributed by atoms with van der Waals surface area (Å²) in [5.41, 5.74) is 2.40. The molecule has 1 aromatic rings. The Morgan fingerprint density at radius 1 is 0.923 bits per heavy atom. The monoisotopic (exact) mass is 185 g/mol. The SMILES string of the molecule is c1cc2snc3ccccc3c-2c1. The van der Waals surface area contributed by atoms with Crippen LogP contribution in [-0.2, 0) is 0 Å². The van der Waals surface area contributed by atoms with Gasteiger partial charge in [0.2, 0.25) is 0 Å². The summed E-state index contributed by atoms with van der Waals surface area (Å²) in [7, 11) is 0. The molecule has 0 N–H and O–H groups in total. The number of nitrogens with zero attached hydrogens (tertiary/aromatic N) is 1. The van der Waals surface area contributed by atoms with Gasteiger partial charge in [0.25, 0.3) is 0 Å². The molecule has 1 heterocycles. The molecule has 0 fully saturated rings. The summed E-state index contributed by atoms with van der Waals surface area (Å²) in [5.74, 6) is 0. The van der Waals surface area contributed by atoms with Gasteiger partial charge in [0.1, 0.15) is 0 Å². The average molecular weight is 185 g/mol. The van der Waals surface area contributed by atoms with E-state index in [1.807, 2.05) is 6.07 Å². The zero-order chi connectivity index (χ0) is 8.67. The minimum atomic E-state index is 1.09. The largest absolute Gasteiger partial charge is 0.192 e. The third-order valence-corrected chi connectivity index (χ3v) is 3.05. The molecule has 0 atom stereocenters. The maximum absolute atomic E-state index is 4.42. The molecular weight excluding hydrogens is 178 g/mol. The number of fused-ring (bicyclic) bond motifs is 3. The van der Waals surface area contributed by atoms with Crippen LogP contribution in [0.1, 0.15) is 0 Å². The van der Waals surface area contributed by atoms with E-state index in [1.54, 1.807) is 11.5 Å². The number of aromatic nitrogens is 1. The quantitative estimate of drug-likeness (QED) is 0.523. The van der Waals surface area contributed by atoms with Gasteiger partial charge in [-0.2, -0.15) is 4.37 Å². The van der Waals surface area contributed by atoms with Gasteiger partial charge >= 0.3 is 0 Å². The Kier molecular flexibility index (Phi) is 1.37. The van der Waals surface area contributed by atoms with Crippen LogP contribution in [0.3, 0.4) is 0 Å². The minimum absolute atomic E-state index is 1.09. The second kappa shape index (κ2) is 2.54. The van der Waals surface area contributed by atoms with E-state index in [0.29, 0.717) is 0 Å². The van der Waals surface area contributed by atoms with Crippen LogP contribution in [0.5, 0.6) is 0 Å². The topological polar surface area (TPSA) is 12.9 Å². The van der Waals surface area contributed by atoms with Crippen LogP contribution in [0.15, 0.2) is 42.5 Å². The van der Waals surface area contributed by atoms with E-state index in [-0.39, 0.29) is 0 Å². The molecule has 1 aliphatic carbocycles. The molecule has 0 amide bonds. The minimum Gasteiger partial charge on any atom is -0.192 e. The predicted molar refractivity (Wildman–Crippen MR) is 56.2 cm³/mol. The standard InChI is InChI=1S/C11H7NS/c1-2-6-10-8(4-1)9-5-3-7-11(9)13-12-10/h1-7H. The molecule has 1 aromatic carbocycles. The summed E-state index contributed by atoms with van der Waals surface area (Å²) in [6.07, 6.45) is 0. The highest BCUT2D eigenvalue weighted by atomic mass is 32.1. The first-order valence-electron chi connectivity index (χ1n) is 4.18. The normalized spacial score (nSPS) is 11.1. The van der Waals surface area contributed by atoms with Crippen molar-refractivity contribution in [1.29, 1.82) is 0 Å². The smallest absolute Gasteiger partial charge is 0.0838 e. The van der Waals surface area contributed by atoms with Crippen molar-refractivity contribution in [3.63, 3.8) is 0 Å². The van der Waals surface area contributed by atoms with E-state index in [2.05, 4.69) is 40.8 Å². The Morgan fingerprint density at radius 2 is 1.85 bits per heavy atom. The molecule has 0 bridgehead atoms. The first kappa shape index (κ1) is 7.04. The lowest BCUT2D eigenvalue weighted by atomic mass is 10.1. The summed E-state index contributed by atoms with van der Waals surface area (Å²) >= 11 is 1.56. The van der Waals surface area contributed by atoms with E-state index in [4.69, 9.17) is 0 Å². The maximum Gasteiger partial charge on any atom is 0.0838 e. The van der Waals surface area contributed by atoms with E-state index >= 15 is 0 Å². The number of rotatable bonds is 0. The van der Waals surface area contributed by atoms with Crippen molar-refractivity contribution in [3.8, 4) is 10.4 Å². The van der Waals surface area contributed by atoms with Crippen LogP contribution in [0.2, 0.25) is 0 Å². The van der Waals surface area contributed by atoms with Crippen LogP contribution in [0, 0.1) is 0 Å². The Hall–Kier alpha value is -1.41. The molecule has 0 radical (unpaired) electrons. The summed E-state index contributed by atoms with van der Waals surface area (Å²) in [5, 5.41) is 1.25. The molecule has 0 saturated carbocycles. The summed E-state index contributed by atoms with van der Waals surface area (Å²) in [6.45, 7) is 0. The fourth-order valence-corrected chi connectivity index (χ4v) is 2.36. The summed E-state index contributed by atoms with van der Waals surface area (Å²) < 4.78 is 4.42. The molecule has 1 nitrogen and oxygen atoms in total. The number of hydrogen-bond donors (Lipinski definition) is 0. The van der Waals surface area contributed by atoms with Gasteiger partial charge in [-0.25, -0.2) is 0 Å². The van der Waals surface area contributed by atoms with Crippen molar-refractivity contribution in [3.05, 3.63) is 42.5 Å². The number of benzene rings is 1. The Bertz CT molecular complexity index is 527. The maximum atomic E-state index is 4.42. The molecule has 3 rings (SSSR count). The van der Waals surface area contributed by atoms with E-state index in [9.17, 15) is 0 Å². The fraction of sp³-hybridized carbons (Fsp3) is 0. The molecule has 0 unspecified atom stereocenters. The van der Waals surface area contributed by atoms with Gasteiger partial charge in [-0.1, -0.05) is 30.3 Å². The Morgan fingerprint density at radius 3 is 2.85 bits per heavy atom. The lowest BCUT2D eigenvalue weighted by Gasteiger charge is -2.01. The third kappa shape index (κ3) is 0.956. The van der Waals surface area contributed by atoms with Crippen molar-refractivity contribution in [2.75, 3.05) is 0 Å². The van der Waals surface area contributed by atoms with Gasteiger partial charge in [0.15, 0.2) is 0 Å². The van der Waals surface area contributed by atoms with E-state index < -0.39 is 0 Å². The first-order valence-corrected chi connectivity index (χ1v) is 4.96. The molecule has 62 valence electrons. The van der Waals surface area contributed by atoms with Crippen LogP contribution < -0.4 is 0 Å². The highest BCUT2D eigenvalue weighted by Crippen LogP contribution is 2.32. The zero-order valence-corrected chi connectivity index (χ0v) is 7.71. The molecule has 2 heteroatoms. The molecule has 13 heavy (non-hydrogen) atoms. The molecule has 0 aromatic heterocycles. The van der Waals surface area contributed by atoms with Crippen molar-refractivity contribution in [1.82, 2.24) is 4.37 Å². The highest BCUT2D eigenvalue weighted by Gasteiger charge is 2.07. The lowest BCUT2D eigenvalue weighted by Crippen LogP contribution is -1.78. The second-order valence-corrected chi connectivity index (χ2v) is 3.81. The van der Waals surface area contributed by atoms with Crippen LogP contribution in [0.4, 0.5) is 0 Å². The molecule has 2 aliphatic rings. The van der Waals surface area contributed by atoms with Gasteiger partial charge in [0, 0.05) is 10.9 Å². The third-order valence-electron chi connectivity index (χ3n) is 2.21. The highest BCUT2D eigenvalue weighted by molar-refractivity contribution is 7.09. The van der Waals surface area contributed by atoms with Crippen LogP contribution in [0.25, 0.3) is 21.3 Å². The van der Waals surface area contributed by atoms with Crippen LogP contribution in [-0.4, -0.2) is 4.37 Å². The molecular formula is C11H7NS. The second-order valence-electron chi connectivity index (χ2n) is 3.00. The van der Waals surface area contributed by atoms with Gasteiger partial charge < -0.3 is 0 Å². The summed E-state index contributed by atoms with van der Waals surface area (Å²) in [4.78, 5) is 1.26. The average Bonchev–Trinajstić information content (AvgIpc) is 2.65. The van der Waals surface area contributed by atoms with Crippen molar-refractivity contribution in [2.45, 2.75) is 0 Å². The fourth-order valence-electron chi connectivity index (χ4n) is 1.59. The van der Waals surface area contributed by atoms with E-state index in [1.165, 1.54) is 15.8 Å². The number of hydrogen-bond acceptors (Lipinski definition) is 2. The Balaban J connectivity index is 2.57. The zero-order valence-electron chi connectivity index (χ0n) is 6.90. The molecule has 0 saturated heterocycles. The first-order chi connectivity index (χ1) is 6.45. The molecule has 0 spiro atoms. The van der Waals surface area contributed by atoms with Gasteiger partial charge in [0.05, 0.1) is 10.4 Å². The lowest BCUT2D eigenvalue weighted by molar-refractivity contribution is 1.62. The van der Waals surface area contributed by atoms with Gasteiger partial charge in [-0.3, -0.25) is 0 Å². The van der Waals surface area contributed by atoms with E-state index in [0.717, 1.165) is 5.52 Å². The van der Waals surface area contributed by atoms with Crippen molar-refractivity contribution in [2.24, 2.45) is 0 Å².